The molecule has 1 aromatic carbocycles. The molecule has 0 amide bonds. The molecular weight excluding hydrogens is 260 g/mol. The summed E-state index contributed by atoms with van der Waals surface area (Å²) in [5, 5.41) is 10.5. The highest BCUT2D eigenvalue weighted by Crippen LogP contribution is 2.25. The number of nitro groups is 1. The fraction of sp³-hybridized carbons (Fsp3) is 0.214. The number of carbonyl (C=O) groups is 1. The van der Waals surface area contributed by atoms with Gasteiger partial charge in [0.1, 0.15) is 0 Å². The van der Waals surface area contributed by atoms with Crippen molar-refractivity contribution >= 4 is 11.7 Å². The normalized spacial score (nSPS) is 9.35. The van der Waals surface area contributed by atoms with Gasteiger partial charge in [0.15, 0.2) is 0 Å². The highest BCUT2D eigenvalue weighted by molar-refractivity contribution is 5.97. The van der Waals surface area contributed by atoms with Gasteiger partial charge in [0, 0.05) is 30.1 Å². The maximum atomic E-state index is 11.5. The molecule has 1 N–H and O–H groups in total. The Hall–Kier alpha value is -2.63. The van der Waals surface area contributed by atoms with Crippen molar-refractivity contribution in [3.63, 3.8) is 0 Å². The lowest BCUT2D eigenvalue weighted by Crippen LogP contribution is -2.01. The molecule has 0 aliphatic carbocycles. The second kappa shape index (κ2) is 7.08. The van der Waals surface area contributed by atoms with Crippen molar-refractivity contribution < 1.29 is 14.5 Å². The lowest BCUT2D eigenvalue weighted by molar-refractivity contribution is -0.384. The number of carbonyl (C=O) groups excluding carboxylic acids is 1. The molecule has 0 saturated carbocycles. The van der Waals surface area contributed by atoms with Gasteiger partial charge in [-0.2, -0.15) is 0 Å². The van der Waals surface area contributed by atoms with Gasteiger partial charge in [-0.1, -0.05) is 13.8 Å². The zero-order valence-electron chi connectivity index (χ0n) is 11.5. The summed E-state index contributed by atoms with van der Waals surface area (Å²) in [6, 6.07) is 5.97. The number of hydrogen-bond donors (Lipinski definition) is 1. The minimum absolute atomic E-state index is 0.00824. The van der Waals surface area contributed by atoms with Crippen LogP contribution in [-0.4, -0.2) is 23.0 Å². The van der Waals surface area contributed by atoms with E-state index in [2.05, 4.69) is 9.72 Å². The van der Waals surface area contributed by atoms with E-state index in [-0.39, 0.29) is 5.69 Å². The average molecular weight is 276 g/mol. The molecule has 0 aliphatic heterocycles. The maximum absolute atomic E-state index is 11.5. The molecule has 2 aromatic rings. The number of rotatable bonds is 3. The molecule has 0 fully saturated rings. The van der Waals surface area contributed by atoms with Crippen molar-refractivity contribution in [2.24, 2.45) is 0 Å². The summed E-state index contributed by atoms with van der Waals surface area (Å²) in [6.07, 6.45) is 3.18. The highest BCUT2D eigenvalue weighted by Gasteiger charge is 2.15. The Kier molecular flexibility index (Phi) is 5.46. The van der Waals surface area contributed by atoms with Crippen LogP contribution in [0.3, 0.4) is 0 Å². The Morgan fingerprint density at radius 2 is 1.80 bits per heavy atom. The van der Waals surface area contributed by atoms with Gasteiger partial charge in [0.25, 0.3) is 5.69 Å². The molecule has 0 radical (unpaired) electrons. The first-order chi connectivity index (χ1) is 9.63. The van der Waals surface area contributed by atoms with E-state index < -0.39 is 10.9 Å². The van der Waals surface area contributed by atoms with Crippen LogP contribution in [-0.2, 0) is 4.74 Å². The summed E-state index contributed by atoms with van der Waals surface area (Å²) in [6.45, 7) is 4.00. The maximum Gasteiger partial charge on any atom is 0.340 e. The summed E-state index contributed by atoms with van der Waals surface area (Å²) >= 11 is 0. The molecule has 0 atom stereocenters. The number of non-ortho nitro benzene ring substituents is 1. The summed E-state index contributed by atoms with van der Waals surface area (Å²) in [7, 11) is 1.30. The summed E-state index contributed by atoms with van der Waals surface area (Å²) in [5.74, 6) is -0.454. The molecule has 20 heavy (non-hydrogen) atoms. The van der Waals surface area contributed by atoms with Crippen LogP contribution in [0.25, 0.3) is 11.1 Å². The van der Waals surface area contributed by atoms with Gasteiger partial charge in [0.05, 0.1) is 17.6 Å². The number of aromatic amines is 1. The fourth-order valence-corrected chi connectivity index (χ4v) is 1.64. The number of nitrogens with zero attached hydrogens (tertiary/aromatic N) is 1. The van der Waals surface area contributed by atoms with Crippen molar-refractivity contribution in [3.05, 3.63) is 52.3 Å². The van der Waals surface area contributed by atoms with E-state index in [0.29, 0.717) is 16.7 Å². The van der Waals surface area contributed by atoms with Gasteiger partial charge in [-0.25, -0.2) is 4.79 Å². The smallest absolute Gasteiger partial charge is 0.340 e. The molecule has 2 rings (SSSR count). The molecule has 106 valence electrons. The summed E-state index contributed by atoms with van der Waals surface area (Å²) in [4.78, 5) is 24.4. The number of ether oxygens (including phenoxy) is 1. The monoisotopic (exact) mass is 276 g/mol. The number of nitrogens with one attached hydrogen (secondary N) is 1. The largest absolute Gasteiger partial charge is 0.465 e. The van der Waals surface area contributed by atoms with Crippen LogP contribution in [0.4, 0.5) is 5.69 Å². The van der Waals surface area contributed by atoms with E-state index >= 15 is 0 Å². The Labute approximate surface area is 116 Å². The molecule has 0 spiro atoms. The molecule has 0 saturated heterocycles. The topological polar surface area (TPSA) is 85.2 Å². The lowest BCUT2D eigenvalue weighted by atomic mass is 10.0. The van der Waals surface area contributed by atoms with Crippen LogP contribution in [0, 0.1) is 10.1 Å². The van der Waals surface area contributed by atoms with Crippen LogP contribution >= 0.6 is 0 Å². The van der Waals surface area contributed by atoms with Crippen LogP contribution in [0.5, 0.6) is 0 Å². The number of nitro benzene ring substituents is 1. The zero-order valence-corrected chi connectivity index (χ0v) is 11.5. The number of H-pyrrole nitrogens is 1. The second-order valence-electron chi connectivity index (χ2n) is 3.58. The number of methoxy groups -OCH3 is 1. The quantitative estimate of drug-likeness (QED) is 0.529. The Morgan fingerprint density at radius 3 is 2.30 bits per heavy atom. The van der Waals surface area contributed by atoms with E-state index in [9.17, 15) is 14.9 Å². The first-order valence-corrected chi connectivity index (χ1v) is 6.13. The molecule has 6 heteroatoms. The van der Waals surface area contributed by atoms with Gasteiger partial charge >= 0.3 is 5.97 Å². The summed E-state index contributed by atoms with van der Waals surface area (Å²) in [5.41, 5.74) is 1.76. The van der Waals surface area contributed by atoms with Gasteiger partial charge in [-0.05, 0) is 17.7 Å². The molecule has 0 aliphatic rings. The standard InChI is InChI=1S/C12H10N2O4.C2H6/c1-18-12(15)11-7-13-6-10(11)8-2-4-9(5-3-8)14(16)17;1-2/h2-7,13H,1H3;1-2H3. The van der Waals surface area contributed by atoms with E-state index in [1.54, 1.807) is 18.3 Å². The summed E-state index contributed by atoms with van der Waals surface area (Å²) < 4.78 is 4.65. The lowest BCUT2D eigenvalue weighted by Gasteiger charge is -2.02. The van der Waals surface area contributed by atoms with Gasteiger partial charge in [-0.3, -0.25) is 10.1 Å². The third-order valence-corrected chi connectivity index (χ3v) is 2.54. The predicted molar refractivity (Wildman–Crippen MR) is 75.6 cm³/mol. The number of esters is 1. The average Bonchev–Trinajstić information content (AvgIpc) is 2.98. The SMILES string of the molecule is CC.COC(=O)c1c[nH]cc1-c1ccc([N+](=O)[O-])cc1. The van der Waals surface area contributed by atoms with Crippen molar-refractivity contribution in [1.29, 1.82) is 0 Å². The first kappa shape index (κ1) is 15.4. The van der Waals surface area contributed by atoms with Crippen LogP contribution in [0.15, 0.2) is 36.7 Å². The van der Waals surface area contributed by atoms with Gasteiger partial charge in [0.2, 0.25) is 0 Å². The van der Waals surface area contributed by atoms with Crippen molar-refractivity contribution in [2.75, 3.05) is 7.11 Å². The third kappa shape index (κ3) is 3.23. The zero-order chi connectivity index (χ0) is 15.1. The fourth-order valence-electron chi connectivity index (χ4n) is 1.64. The molecule has 0 unspecified atom stereocenters. The number of aromatic nitrogens is 1. The molecule has 1 aromatic heterocycles. The number of hydrogen-bond acceptors (Lipinski definition) is 4. The van der Waals surface area contributed by atoms with E-state index in [4.69, 9.17) is 0 Å². The minimum Gasteiger partial charge on any atom is -0.465 e. The Morgan fingerprint density at radius 1 is 1.20 bits per heavy atom. The molecule has 1 heterocycles. The molecular formula is C14H16N2O4. The van der Waals surface area contributed by atoms with Gasteiger partial charge < -0.3 is 9.72 Å². The van der Waals surface area contributed by atoms with Crippen LogP contribution < -0.4 is 0 Å². The van der Waals surface area contributed by atoms with E-state index in [1.165, 1.54) is 25.4 Å². The van der Waals surface area contributed by atoms with Crippen LogP contribution in [0.1, 0.15) is 24.2 Å². The predicted octanol–water partition coefficient (Wildman–Crippen LogP) is 3.40. The van der Waals surface area contributed by atoms with E-state index in [0.717, 1.165) is 0 Å². The third-order valence-electron chi connectivity index (χ3n) is 2.54. The molecule has 0 bridgehead atoms. The first-order valence-electron chi connectivity index (χ1n) is 6.13. The van der Waals surface area contributed by atoms with Crippen molar-refractivity contribution in [3.8, 4) is 11.1 Å². The Balaban J connectivity index is 0.000000956. The molecule has 6 nitrogen and oxygen atoms in total. The highest BCUT2D eigenvalue weighted by atomic mass is 16.6. The van der Waals surface area contributed by atoms with Crippen LogP contribution in [0.2, 0.25) is 0 Å². The minimum atomic E-state index is -0.470. The van der Waals surface area contributed by atoms with Crippen molar-refractivity contribution in [2.45, 2.75) is 13.8 Å². The second-order valence-corrected chi connectivity index (χ2v) is 3.58. The Bertz CT molecular complexity index is 587. The van der Waals surface area contributed by atoms with Gasteiger partial charge in [-0.15, -0.1) is 0 Å². The van der Waals surface area contributed by atoms with E-state index in [1.807, 2.05) is 13.8 Å². The number of benzene rings is 1. The van der Waals surface area contributed by atoms with Crippen molar-refractivity contribution in [1.82, 2.24) is 4.98 Å².